The average molecular weight is 252 g/mol. The maximum absolute atomic E-state index is 10.8. The van der Waals surface area contributed by atoms with E-state index in [2.05, 4.69) is 4.98 Å². The van der Waals surface area contributed by atoms with E-state index in [1.54, 1.807) is 19.1 Å². The van der Waals surface area contributed by atoms with Gasteiger partial charge in [0.05, 0.1) is 17.1 Å². The summed E-state index contributed by atoms with van der Waals surface area (Å²) in [5.41, 5.74) is 1.50. The topological polar surface area (TPSA) is 63.3 Å². The number of carbonyl (C=O) groups is 1. The van der Waals surface area contributed by atoms with Crippen LogP contribution in [0.1, 0.15) is 21.8 Å². The van der Waals surface area contributed by atoms with Gasteiger partial charge in [0.2, 0.25) is 5.89 Å². The largest absolute Gasteiger partial charge is 0.478 e. The molecule has 17 heavy (non-hydrogen) atoms. The van der Waals surface area contributed by atoms with Crippen molar-refractivity contribution in [3.8, 4) is 11.5 Å². The predicted octanol–water partition coefficient (Wildman–Crippen LogP) is 3.09. The van der Waals surface area contributed by atoms with Gasteiger partial charge in [0.15, 0.2) is 0 Å². The third kappa shape index (κ3) is 2.31. The van der Waals surface area contributed by atoms with E-state index >= 15 is 0 Å². The van der Waals surface area contributed by atoms with E-state index < -0.39 is 5.97 Å². The number of carboxylic acids is 1. The normalized spacial score (nSPS) is 10.5. The molecule has 2 rings (SSSR count). The summed E-state index contributed by atoms with van der Waals surface area (Å²) >= 11 is 5.70. The number of alkyl halides is 1. The fourth-order valence-electron chi connectivity index (χ4n) is 1.46. The molecule has 5 heteroatoms. The Hall–Kier alpha value is -1.81. The van der Waals surface area contributed by atoms with Crippen LogP contribution in [0, 0.1) is 6.92 Å². The Bertz CT molecular complexity index is 563. The molecule has 4 nitrogen and oxygen atoms in total. The molecule has 0 fully saturated rings. The fourth-order valence-corrected chi connectivity index (χ4v) is 1.71. The zero-order chi connectivity index (χ0) is 12.4. The standard InChI is InChI=1S/C12H10ClNO3/c1-7-10(6-13)14-11(17-7)8-3-2-4-9(5-8)12(15)16/h2-5H,6H2,1H3,(H,15,16). The Labute approximate surface area is 103 Å². The van der Waals surface area contributed by atoms with E-state index in [9.17, 15) is 4.79 Å². The molecule has 0 aliphatic heterocycles. The number of oxazole rings is 1. The molecule has 1 aromatic carbocycles. The minimum absolute atomic E-state index is 0.200. The van der Waals surface area contributed by atoms with Gasteiger partial charge in [-0.25, -0.2) is 9.78 Å². The van der Waals surface area contributed by atoms with Crippen LogP contribution in [0.5, 0.6) is 0 Å². The van der Waals surface area contributed by atoms with E-state index in [1.807, 2.05) is 0 Å². The van der Waals surface area contributed by atoms with E-state index in [1.165, 1.54) is 12.1 Å². The number of rotatable bonds is 3. The number of nitrogens with zero attached hydrogens (tertiary/aromatic N) is 1. The second-order valence-corrected chi connectivity index (χ2v) is 3.81. The summed E-state index contributed by atoms with van der Waals surface area (Å²) in [5.74, 6) is 0.332. The van der Waals surface area contributed by atoms with E-state index in [-0.39, 0.29) is 11.4 Å². The van der Waals surface area contributed by atoms with Crippen LogP contribution >= 0.6 is 11.6 Å². The maximum Gasteiger partial charge on any atom is 0.335 e. The van der Waals surface area contributed by atoms with Gasteiger partial charge in [-0.2, -0.15) is 0 Å². The van der Waals surface area contributed by atoms with Crippen LogP contribution in [0.4, 0.5) is 0 Å². The van der Waals surface area contributed by atoms with Gasteiger partial charge >= 0.3 is 5.97 Å². The van der Waals surface area contributed by atoms with E-state index in [0.29, 0.717) is 22.9 Å². The zero-order valence-electron chi connectivity index (χ0n) is 9.11. The van der Waals surface area contributed by atoms with Crippen molar-refractivity contribution in [3.05, 3.63) is 41.3 Å². The molecule has 0 spiro atoms. The monoisotopic (exact) mass is 251 g/mol. The molecule has 0 aliphatic rings. The molecule has 1 heterocycles. The van der Waals surface area contributed by atoms with Gasteiger partial charge in [-0.3, -0.25) is 0 Å². The van der Waals surface area contributed by atoms with Crippen molar-refractivity contribution >= 4 is 17.6 Å². The van der Waals surface area contributed by atoms with Crippen molar-refractivity contribution in [1.29, 1.82) is 0 Å². The Kier molecular flexibility index (Phi) is 3.15. The average Bonchev–Trinajstić information content (AvgIpc) is 2.71. The number of halogens is 1. The zero-order valence-corrected chi connectivity index (χ0v) is 9.86. The third-order valence-corrected chi connectivity index (χ3v) is 2.63. The molecule has 0 bridgehead atoms. The van der Waals surface area contributed by atoms with Crippen molar-refractivity contribution in [2.75, 3.05) is 0 Å². The number of aryl methyl sites for hydroxylation is 1. The molecule has 2 aromatic rings. The lowest BCUT2D eigenvalue weighted by Crippen LogP contribution is -1.95. The number of aromatic nitrogens is 1. The summed E-state index contributed by atoms with van der Waals surface area (Å²) in [7, 11) is 0. The Morgan fingerprint density at radius 2 is 2.29 bits per heavy atom. The number of benzene rings is 1. The molecule has 0 saturated carbocycles. The first-order valence-electron chi connectivity index (χ1n) is 4.98. The Morgan fingerprint density at radius 1 is 1.53 bits per heavy atom. The minimum atomic E-state index is -0.979. The second-order valence-electron chi connectivity index (χ2n) is 3.54. The predicted molar refractivity (Wildman–Crippen MR) is 63.2 cm³/mol. The molecule has 0 atom stereocenters. The van der Waals surface area contributed by atoms with Gasteiger partial charge in [-0.1, -0.05) is 6.07 Å². The number of hydrogen-bond acceptors (Lipinski definition) is 3. The smallest absolute Gasteiger partial charge is 0.335 e. The van der Waals surface area contributed by atoms with Crippen molar-refractivity contribution in [1.82, 2.24) is 4.98 Å². The van der Waals surface area contributed by atoms with Crippen molar-refractivity contribution in [2.45, 2.75) is 12.8 Å². The molecule has 1 aromatic heterocycles. The van der Waals surface area contributed by atoms with E-state index in [4.69, 9.17) is 21.1 Å². The SMILES string of the molecule is Cc1oc(-c2cccc(C(=O)O)c2)nc1CCl. The fraction of sp³-hybridized carbons (Fsp3) is 0.167. The first kappa shape index (κ1) is 11.7. The summed E-state index contributed by atoms with van der Waals surface area (Å²) in [6.45, 7) is 1.77. The Balaban J connectivity index is 2.45. The molecule has 0 amide bonds. The summed E-state index contributed by atoms with van der Waals surface area (Å²) in [6.07, 6.45) is 0. The highest BCUT2D eigenvalue weighted by atomic mass is 35.5. The van der Waals surface area contributed by atoms with Gasteiger partial charge in [-0.05, 0) is 25.1 Å². The van der Waals surface area contributed by atoms with Gasteiger partial charge in [-0.15, -0.1) is 11.6 Å². The van der Waals surface area contributed by atoms with Crippen LogP contribution in [0.3, 0.4) is 0 Å². The van der Waals surface area contributed by atoms with Crippen LogP contribution in [0.15, 0.2) is 28.7 Å². The number of aromatic carboxylic acids is 1. The second kappa shape index (κ2) is 4.59. The van der Waals surface area contributed by atoms with Gasteiger partial charge in [0.25, 0.3) is 0 Å². The highest BCUT2D eigenvalue weighted by Gasteiger charge is 2.12. The van der Waals surface area contributed by atoms with Crippen LogP contribution in [-0.4, -0.2) is 16.1 Å². The summed E-state index contributed by atoms with van der Waals surface area (Å²) < 4.78 is 5.44. The van der Waals surface area contributed by atoms with Gasteiger partial charge in [0, 0.05) is 5.56 Å². The molecular formula is C12H10ClNO3. The lowest BCUT2D eigenvalue weighted by atomic mass is 10.1. The first-order valence-corrected chi connectivity index (χ1v) is 5.51. The molecule has 1 N–H and O–H groups in total. The third-order valence-electron chi connectivity index (χ3n) is 2.38. The molecule has 88 valence electrons. The van der Waals surface area contributed by atoms with Crippen LogP contribution in [-0.2, 0) is 5.88 Å². The minimum Gasteiger partial charge on any atom is -0.478 e. The van der Waals surface area contributed by atoms with Crippen LogP contribution < -0.4 is 0 Å². The Morgan fingerprint density at radius 3 is 2.88 bits per heavy atom. The van der Waals surface area contributed by atoms with Gasteiger partial charge < -0.3 is 9.52 Å². The van der Waals surface area contributed by atoms with Crippen molar-refractivity contribution in [3.63, 3.8) is 0 Å². The van der Waals surface area contributed by atoms with Crippen molar-refractivity contribution < 1.29 is 14.3 Å². The van der Waals surface area contributed by atoms with E-state index in [0.717, 1.165) is 0 Å². The summed E-state index contributed by atoms with van der Waals surface area (Å²) in [6, 6.07) is 6.43. The molecule has 0 aliphatic carbocycles. The summed E-state index contributed by atoms with van der Waals surface area (Å²) in [5, 5.41) is 8.89. The number of hydrogen-bond donors (Lipinski definition) is 1. The van der Waals surface area contributed by atoms with Crippen LogP contribution in [0.25, 0.3) is 11.5 Å². The number of carboxylic acid groups (broad SMARTS) is 1. The highest BCUT2D eigenvalue weighted by Crippen LogP contribution is 2.23. The first-order chi connectivity index (χ1) is 8.11. The quantitative estimate of drug-likeness (QED) is 0.852. The maximum atomic E-state index is 10.8. The van der Waals surface area contributed by atoms with Gasteiger partial charge in [0.1, 0.15) is 5.76 Å². The lowest BCUT2D eigenvalue weighted by molar-refractivity contribution is 0.0697. The molecule has 0 radical (unpaired) electrons. The van der Waals surface area contributed by atoms with Crippen LogP contribution in [0.2, 0.25) is 0 Å². The molecule has 0 saturated heterocycles. The van der Waals surface area contributed by atoms with Crippen molar-refractivity contribution in [2.24, 2.45) is 0 Å². The molecular weight excluding hydrogens is 242 g/mol. The molecule has 0 unspecified atom stereocenters. The lowest BCUT2D eigenvalue weighted by Gasteiger charge is -1.97. The summed E-state index contributed by atoms with van der Waals surface area (Å²) in [4.78, 5) is 15.0. The highest BCUT2D eigenvalue weighted by molar-refractivity contribution is 6.17.